The SMILES string of the molecule is CCC(CCC(C)Nc1ccc(SC2(C=O)CCC3(CCNCC3)C2)cc1)C(=O)O. The third kappa shape index (κ3) is 5.79. The van der Waals surface area contributed by atoms with Crippen LogP contribution in [-0.2, 0) is 9.59 Å². The van der Waals surface area contributed by atoms with Crippen molar-refractivity contribution in [3.05, 3.63) is 24.3 Å². The Bertz CT molecular complexity index is 718. The van der Waals surface area contributed by atoms with Crippen molar-refractivity contribution in [2.24, 2.45) is 11.3 Å². The van der Waals surface area contributed by atoms with E-state index in [-0.39, 0.29) is 16.7 Å². The summed E-state index contributed by atoms with van der Waals surface area (Å²) in [5.74, 6) is -0.962. The summed E-state index contributed by atoms with van der Waals surface area (Å²) >= 11 is 1.73. The summed E-state index contributed by atoms with van der Waals surface area (Å²) in [5.41, 5.74) is 1.39. The molecule has 2 aliphatic rings. The second-order valence-electron chi connectivity index (χ2n) is 9.30. The van der Waals surface area contributed by atoms with Crippen molar-refractivity contribution in [3.63, 3.8) is 0 Å². The van der Waals surface area contributed by atoms with Crippen LogP contribution in [0.25, 0.3) is 0 Å². The number of carboxylic acids is 1. The Balaban J connectivity index is 1.53. The van der Waals surface area contributed by atoms with Gasteiger partial charge < -0.3 is 20.5 Å². The summed E-state index contributed by atoms with van der Waals surface area (Å²) in [4.78, 5) is 24.4. The second-order valence-corrected chi connectivity index (χ2v) is 10.8. The van der Waals surface area contributed by atoms with Crippen LogP contribution in [0.4, 0.5) is 5.69 Å². The average Bonchev–Trinajstić information content (AvgIpc) is 3.08. The van der Waals surface area contributed by atoms with Crippen LogP contribution in [0.1, 0.15) is 65.2 Å². The molecule has 1 aliphatic heterocycles. The van der Waals surface area contributed by atoms with E-state index < -0.39 is 5.97 Å². The monoisotopic (exact) mass is 432 g/mol. The fraction of sp³-hybridized carbons (Fsp3) is 0.667. The minimum atomic E-state index is -0.701. The number of carboxylic acid groups (broad SMARTS) is 1. The quantitative estimate of drug-likeness (QED) is 0.454. The number of thioether (sulfide) groups is 1. The van der Waals surface area contributed by atoms with Gasteiger partial charge in [0.1, 0.15) is 6.29 Å². The van der Waals surface area contributed by atoms with E-state index in [0.717, 1.165) is 49.4 Å². The minimum absolute atomic E-state index is 0.216. The Labute approximate surface area is 184 Å². The zero-order valence-electron chi connectivity index (χ0n) is 18.3. The van der Waals surface area contributed by atoms with Gasteiger partial charge in [0, 0.05) is 16.6 Å². The fourth-order valence-corrected chi connectivity index (χ4v) is 6.42. The molecule has 0 aromatic heterocycles. The molecule has 3 N–H and O–H groups in total. The third-order valence-corrected chi connectivity index (χ3v) is 8.37. The molecule has 1 heterocycles. The molecule has 1 aromatic rings. The van der Waals surface area contributed by atoms with Gasteiger partial charge in [-0.3, -0.25) is 4.79 Å². The zero-order valence-corrected chi connectivity index (χ0v) is 19.1. The van der Waals surface area contributed by atoms with E-state index in [1.807, 2.05) is 6.92 Å². The molecule has 2 fully saturated rings. The Kier molecular flexibility index (Phi) is 7.86. The lowest BCUT2D eigenvalue weighted by Crippen LogP contribution is -2.36. The third-order valence-electron chi connectivity index (χ3n) is 7.01. The van der Waals surface area contributed by atoms with Crippen molar-refractivity contribution in [1.29, 1.82) is 0 Å². The molecule has 1 aromatic carbocycles. The highest BCUT2D eigenvalue weighted by atomic mass is 32.2. The first-order valence-corrected chi connectivity index (χ1v) is 12.2. The van der Waals surface area contributed by atoms with Crippen LogP contribution in [-0.4, -0.2) is 41.2 Å². The molecule has 30 heavy (non-hydrogen) atoms. The second kappa shape index (κ2) is 10.2. The molecule has 0 bridgehead atoms. The first-order valence-electron chi connectivity index (χ1n) is 11.3. The van der Waals surface area contributed by atoms with Crippen LogP contribution in [0.5, 0.6) is 0 Å². The lowest BCUT2D eigenvalue weighted by atomic mass is 9.77. The molecule has 1 spiro atoms. The molecule has 1 aliphatic carbocycles. The topological polar surface area (TPSA) is 78.4 Å². The number of anilines is 1. The predicted molar refractivity (Wildman–Crippen MR) is 123 cm³/mol. The normalized spacial score (nSPS) is 25.0. The van der Waals surface area contributed by atoms with Crippen molar-refractivity contribution in [3.8, 4) is 0 Å². The number of aldehydes is 1. The minimum Gasteiger partial charge on any atom is -0.481 e. The van der Waals surface area contributed by atoms with Crippen molar-refractivity contribution >= 4 is 29.7 Å². The van der Waals surface area contributed by atoms with Crippen LogP contribution in [0, 0.1) is 11.3 Å². The number of piperidine rings is 1. The molecule has 5 nitrogen and oxygen atoms in total. The summed E-state index contributed by atoms with van der Waals surface area (Å²) in [6.45, 7) is 6.17. The predicted octanol–water partition coefficient (Wildman–Crippen LogP) is 4.96. The molecule has 0 radical (unpaired) electrons. The highest BCUT2D eigenvalue weighted by Gasteiger charge is 2.48. The maximum absolute atomic E-state index is 12.1. The zero-order chi connectivity index (χ0) is 21.6. The van der Waals surface area contributed by atoms with Gasteiger partial charge in [0.2, 0.25) is 0 Å². The number of hydrogen-bond acceptors (Lipinski definition) is 5. The molecule has 6 heteroatoms. The summed E-state index contributed by atoms with van der Waals surface area (Å²) in [6.07, 6.45) is 8.89. The summed E-state index contributed by atoms with van der Waals surface area (Å²) in [7, 11) is 0. The summed E-state index contributed by atoms with van der Waals surface area (Å²) in [6, 6.07) is 8.56. The van der Waals surface area contributed by atoms with Crippen molar-refractivity contribution in [2.75, 3.05) is 18.4 Å². The molecular formula is C24H36N2O3S. The van der Waals surface area contributed by atoms with E-state index in [1.54, 1.807) is 11.8 Å². The van der Waals surface area contributed by atoms with E-state index >= 15 is 0 Å². The number of nitrogens with one attached hydrogen (secondary N) is 2. The van der Waals surface area contributed by atoms with Gasteiger partial charge in [0.05, 0.1) is 10.7 Å². The van der Waals surface area contributed by atoms with Gasteiger partial charge in [-0.1, -0.05) is 6.92 Å². The largest absolute Gasteiger partial charge is 0.481 e. The van der Waals surface area contributed by atoms with Gasteiger partial charge >= 0.3 is 5.97 Å². The fourth-order valence-electron chi connectivity index (χ4n) is 5.05. The van der Waals surface area contributed by atoms with Gasteiger partial charge in [0.15, 0.2) is 0 Å². The maximum atomic E-state index is 12.1. The number of carbonyl (C=O) groups is 2. The number of rotatable bonds is 10. The first-order chi connectivity index (χ1) is 14.4. The van der Waals surface area contributed by atoms with Crippen LogP contribution in [0.2, 0.25) is 0 Å². The Morgan fingerprint density at radius 2 is 1.90 bits per heavy atom. The highest BCUT2D eigenvalue weighted by molar-refractivity contribution is 8.01. The smallest absolute Gasteiger partial charge is 0.306 e. The van der Waals surface area contributed by atoms with Gasteiger partial charge in [-0.25, -0.2) is 0 Å². The summed E-state index contributed by atoms with van der Waals surface area (Å²) < 4.78 is -0.286. The Morgan fingerprint density at radius 3 is 2.50 bits per heavy atom. The van der Waals surface area contributed by atoms with E-state index in [1.165, 1.54) is 19.1 Å². The summed E-state index contributed by atoms with van der Waals surface area (Å²) in [5, 5.41) is 16.1. The van der Waals surface area contributed by atoms with Gasteiger partial charge in [0.25, 0.3) is 0 Å². The molecular weight excluding hydrogens is 396 g/mol. The lowest BCUT2D eigenvalue weighted by Gasteiger charge is -2.35. The van der Waals surface area contributed by atoms with E-state index in [9.17, 15) is 14.7 Å². The van der Waals surface area contributed by atoms with Crippen molar-refractivity contribution < 1.29 is 14.7 Å². The maximum Gasteiger partial charge on any atom is 0.306 e. The van der Waals surface area contributed by atoms with Gasteiger partial charge in [-0.15, -0.1) is 11.8 Å². The number of carbonyl (C=O) groups excluding carboxylic acids is 1. The van der Waals surface area contributed by atoms with E-state index in [2.05, 4.69) is 41.8 Å². The van der Waals surface area contributed by atoms with Crippen LogP contribution >= 0.6 is 11.8 Å². The van der Waals surface area contributed by atoms with Gasteiger partial charge in [-0.2, -0.15) is 0 Å². The van der Waals surface area contributed by atoms with Crippen LogP contribution in [0.3, 0.4) is 0 Å². The van der Waals surface area contributed by atoms with Gasteiger partial charge in [-0.05, 0) is 101 Å². The van der Waals surface area contributed by atoms with Crippen molar-refractivity contribution in [1.82, 2.24) is 5.32 Å². The molecule has 1 saturated heterocycles. The number of benzene rings is 1. The lowest BCUT2D eigenvalue weighted by molar-refractivity contribution is -0.142. The average molecular weight is 433 g/mol. The molecule has 166 valence electrons. The molecule has 0 amide bonds. The number of hydrogen-bond donors (Lipinski definition) is 3. The van der Waals surface area contributed by atoms with Crippen molar-refractivity contribution in [2.45, 2.75) is 80.9 Å². The molecule has 1 saturated carbocycles. The standard InChI is InChI=1S/C24H36N2O3S/c1-3-19(22(28)29)5-4-18(2)26-20-6-8-21(9-7-20)30-24(17-27)11-10-23(16-24)12-14-25-15-13-23/h6-9,17-19,25-26H,3-5,10-16H2,1-2H3,(H,28,29). The molecule has 3 rings (SSSR count). The van der Waals surface area contributed by atoms with Crippen LogP contribution in [0.15, 0.2) is 29.2 Å². The molecule has 3 unspecified atom stereocenters. The van der Waals surface area contributed by atoms with E-state index in [4.69, 9.17) is 0 Å². The van der Waals surface area contributed by atoms with E-state index in [0.29, 0.717) is 18.3 Å². The highest BCUT2D eigenvalue weighted by Crippen LogP contribution is 2.55. The van der Waals surface area contributed by atoms with Crippen LogP contribution < -0.4 is 10.6 Å². The Hall–Kier alpha value is -1.53. The number of aliphatic carboxylic acids is 1. The Morgan fingerprint density at radius 1 is 1.20 bits per heavy atom. The molecule has 3 atom stereocenters. The first kappa shape index (κ1) is 23.1.